The van der Waals surface area contributed by atoms with Crippen LogP contribution in [-0.2, 0) is 4.74 Å². The van der Waals surface area contributed by atoms with Gasteiger partial charge < -0.3 is 9.15 Å². The number of anilines is 1. The molecule has 0 fully saturated rings. The van der Waals surface area contributed by atoms with Gasteiger partial charge in [-0.2, -0.15) is 5.26 Å². The van der Waals surface area contributed by atoms with E-state index in [4.69, 9.17) is 4.42 Å². The van der Waals surface area contributed by atoms with E-state index in [9.17, 15) is 35.1 Å². The number of rotatable bonds is 5. The lowest BCUT2D eigenvalue weighted by molar-refractivity contribution is -0.394. The summed E-state index contributed by atoms with van der Waals surface area (Å²) in [7, 11) is 1.10. The van der Waals surface area contributed by atoms with Crippen molar-refractivity contribution in [3.8, 4) is 6.07 Å². The van der Waals surface area contributed by atoms with Crippen LogP contribution in [-0.4, -0.2) is 28.8 Å². The molecule has 0 spiro atoms. The van der Waals surface area contributed by atoms with Crippen LogP contribution in [0.15, 0.2) is 16.5 Å². The molecule has 0 aliphatic rings. The summed E-state index contributed by atoms with van der Waals surface area (Å²) in [5, 5.41) is 33.6. The molecule has 1 aromatic heterocycles. The van der Waals surface area contributed by atoms with Crippen molar-refractivity contribution < 1.29 is 28.6 Å². The van der Waals surface area contributed by atoms with Crippen LogP contribution in [0.3, 0.4) is 0 Å². The first-order valence-electron chi connectivity index (χ1n) is 7.48. The molecule has 2 rings (SSSR count). The number of hydrogen-bond acceptors (Lipinski definition) is 9. The average molecular weight is 388 g/mol. The van der Waals surface area contributed by atoms with E-state index in [1.165, 1.54) is 13.8 Å². The number of nitrogens with one attached hydrogen (secondary N) is 1. The Hall–Kier alpha value is -4.27. The second-order valence-corrected chi connectivity index (χ2v) is 5.45. The molecule has 144 valence electrons. The normalized spacial score (nSPS) is 10.1. The quantitative estimate of drug-likeness (QED) is 0.457. The lowest BCUT2D eigenvalue weighted by atomic mass is 10.0. The third-order valence-corrected chi connectivity index (χ3v) is 3.83. The summed E-state index contributed by atoms with van der Waals surface area (Å²) < 4.78 is 9.78. The number of hydrogen-bond donors (Lipinski definition) is 1. The van der Waals surface area contributed by atoms with E-state index in [0.717, 1.165) is 19.2 Å². The van der Waals surface area contributed by atoms with Gasteiger partial charge in [-0.1, -0.05) is 0 Å². The van der Waals surface area contributed by atoms with Crippen molar-refractivity contribution in [2.24, 2.45) is 0 Å². The van der Waals surface area contributed by atoms with Crippen LogP contribution in [0.4, 0.5) is 17.3 Å². The van der Waals surface area contributed by atoms with E-state index in [2.05, 4.69) is 10.1 Å². The molecule has 1 heterocycles. The summed E-state index contributed by atoms with van der Waals surface area (Å²) in [5.74, 6) is -2.24. The Morgan fingerprint density at radius 1 is 1.21 bits per heavy atom. The minimum absolute atomic E-state index is 0.000412. The maximum absolute atomic E-state index is 12.6. The molecule has 0 atom stereocenters. The van der Waals surface area contributed by atoms with E-state index in [-0.39, 0.29) is 33.9 Å². The van der Waals surface area contributed by atoms with Crippen LogP contribution in [0, 0.1) is 45.4 Å². The third kappa shape index (κ3) is 3.49. The molecule has 1 N–H and O–H groups in total. The van der Waals surface area contributed by atoms with Crippen molar-refractivity contribution in [3.63, 3.8) is 0 Å². The number of carbonyl (C=O) groups is 2. The van der Waals surface area contributed by atoms with Gasteiger partial charge in [-0.3, -0.25) is 30.3 Å². The lowest BCUT2D eigenvalue weighted by Crippen LogP contribution is -2.15. The smallest absolute Gasteiger partial charge is 0.342 e. The third-order valence-electron chi connectivity index (χ3n) is 3.83. The summed E-state index contributed by atoms with van der Waals surface area (Å²) in [6.45, 7) is 2.61. The van der Waals surface area contributed by atoms with Gasteiger partial charge in [-0.05, 0) is 13.8 Å². The summed E-state index contributed by atoms with van der Waals surface area (Å²) in [6, 6.07) is 3.30. The fourth-order valence-electron chi connectivity index (χ4n) is 2.47. The number of nitriles is 1. The molecular formula is C16H12N4O8. The minimum Gasteiger partial charge on any atom is -0.465 e. The first-order chi connectivity index (χ1) is 13.1. The number of benzene rings is 1. The van der Waals surface area contributed by atoms with E-state index in [1.807, 2.05) is 0 Å². The summed E-state index contributed by atoms with van der Waals surface area (Å²) in [5.41, 5.74) is -2.27. The standard InChI is InChI=1S/C16H12N4O8/c1-7-10(4-9(19(23)24)5-12(7)20(25)26)14(21)18-15-11(6-17)13(8(2)28-15)16(22)27-3/h4-5H,1-3H3,(H,18,21). The molecule has 0 aliphatic heterocycles. The molecule has 12 nitrogen and oxygen atoms in total. The summed E-state index contributed by atoms with van der Waals surface area (Å²) >= 11 is 0. The highest BCUT2D eigenvalue weighted by Gasteiger charge is 2.28. The number of amides is 1. The monoisotopic (exact) mass is 388 g/mol. The van der Waals surface area contributed by atoms with E-state index in [0.29, 0.717) is 0 Å². The van der Waals surface area contributed by atoms with E-state index < -0.39 is 33.1 Å². The van der Waals surface area contributed by atoms with Gasteiger partial charge in [-0.15, -0.1) is 0 Å². The van der Waals surface area contributed by atoms with Crippen LogP contribution in [0.5, 0.6) is 0 Å². The highest BCUT2D eigenvalue weighted by atomic mass is 16.6. The topological polar surface area (TPSA) is 179 Å². The van der Waals surface area contributed by atoms with Crippen LogP contribution >= 0.6 is 0 Å². The zero-order valence-electron chi connectivity index (χ0n) is 14.8. The van der Waals surface area contributed by atoms with Crippen molar-refractivity contribution in [1.82, 2.24) is 0 Å². The first kappa shape index (κ1) is 20.0. The van der Waals surface area contributed by atoms with Gasteiger partial charge in [0.15, 0.2) is 0 Å². The number of carbonyl (C=O) groups excluding carboxylic acids is 2. The van der Waals surface area contributed by atoms with Gasteiger partial charge in [-0.25, -0.2) is 4.79 Å². The minimum atomic E-state index is -0.994. The number of nitrogens with zero attached hydrogens (tertiary/aromatic N) is 3. The number of esters is 1. The fraction of sp³-hybridized carbons (Fsp3) is 0.188. The highest BCUT2D eigenvalue weighted by molar-refractivity contribution is 6.07. The van der Waals surface area contributed by atoms with Gasteiger partial charge in [0.05, 0.1) is 28.6 Å². The SMILES string of the molecule is COC(=O)c1c(C)oc(NC(=O)c2cc([N+](=O)[O-])cc([N+](=O)[O-])c2C)c1C#N. The van der Waals surface area contributed by atoms with Gasteiger partial charge in [0.2, 0.25) is 5.88 Å². The van der Waals surface area contributed by atoms with Crippen molar-refractivity contribution in [2.45, 2.75) is 13.8 Å². The first-order valence-corrected chi connectivity index (χ1v) is 7.48. The maximum Gasteiger partial charge on any atom is 0.342 e. The molecular weight excluding hydrogens is 376 g/mol. The van der Waals surface area contributed by atoms with E-state index in [1.54, 1.807) is 6.07 Å². The zero-order chi connectivity index (χ0) is 21.2. The average Bonchev–Trinajstić information content (AvgIpc) is 2.95. The van der Waals surface area contributed by atoms with Gasteiger partial charge in [0, 0.05) is 11.6 Å². The number of aryl methyl sites for hydroxylation is 1. The highest BCUT2D eigenvalue weighted by Crippen LogP contribution is 2.31. The molecule has 0 saturated carbocycles. The van der Waals surface area contributed by atoms with Gasteiger partial charge in [0.25, 0.3) is 17.3 Å². The van der Waals surface area contributed by atoms with Crippen molar-refractivity contribution >= 4 is 29.1 Å². The van der Waals surface area contributed by atoms with Crippen LogP contribution in [0.25, 0.3) is 0 Å². The molecule has 1 aromatic carbocycles. The number of nitro benzene ring substituents is 2. The second kappa shape index (κ2) is 7.54. The van der Waals surface area contributed by atoms with Crippen molar-refractivity contribution in [1.29, 1.82) is 5.26 Å². The maximum atomic E-state index is 12.6. The molecule has 0 bridgehead atoms. The molecule has 2 aromatic rings. The molecule has 0 radical (unpaired) electrons. The van der Waals surface area contributed by atoms with Crippen molar-refractivity contribution in [2.75, 3.05) is 12.4 Å². The molecule has 12 heteroatoms. The van der Waals surface area contributed by atoms with Gasteiger partial charge in [0.1, 0.15) is 23.0 Å². The Kier molecular flexibility index (Phi) is 5.40. The summed E-state index contributed by atoms with van der Waals surface area (Å²) in [6.07, 6.45) is 0. The molecule has 0 aliphatic carbocycles. The Morgan fingerprint density at radius 2 is 1.86 bits per heavy atom. The second-order valence-electron chi connectivity index (χ2n) is 5.45. The number of methoxy groups -OCH3 is 1. The van der Waals surface area contributed by atoms with Crippen LogP contribution < -0.4 is 5.32 Å². The largest absolute Gasteiger partial charge is 0.465 e. The van der Waals surface area contributed by atoms with E-state index >= 15 is 0 Å². The lowest BCUT2D eigenvalue weighted by Gasteiger charge is -2.07. The van der Waals surface area contributed by atoms with Crippen LogP contribution in [0.1, 0.15) is 37.6 Å². The Morgan fingerprint density at radius 3 is 2.36 bits per heavy atom. The molecule has 0 saturated heterocycles. The summed E-state index contributed by atoms with van der Waals surface area (Å²) in [4.78, 5) is 44.8. The molecule has 0 unspecified atom stereocenters. The number of ether oxygens (including phenoxy) is 1. The fourth-order valence-corrected chi connectivity index (χ4v) is 2.47. The van der Waals surface area contributed by atoms with Crippen LogP contribution in [0.2, 0.25) is 0 Å². The predicted molar refractivity (Wildman–Crippen MR) is 91.9 cm³/mol. The van der Waals surface area contributed by atoms with Gasteiger partial charge >= 0.3 is 5.97 Å². The predicted octanol–water partition coefficient (Wildman–Crippen LogP) is 2.62. The zero-order valence-corrected chi connectivity index (χ0v) is 14.8. The Labute approximate surface area is 156 Å². The Balaban J connectivity index is 2.55. The number of furan rings is 1. The number of nitro groups is 2. The molecule has 28 heavy (non-hydrogen) atoms. The number of non-ortho nitro benzene ring substituents is 1. The Bertz CT molecular complexity index is 1060. The van der Waals surface area contributed by atoms with Crippen molar-refractivity contribution in [3.05, 3.63) is 60.4 Å². The molecule has 1 amide bonds.